The lowest BCUT2D eigenvalue weighted by Gasteiger charge is -2.08. The number of phenolic OH excluding ortho intramolecular Hbond substituents is 2. The number of aromatic hydroxyl groups is 2. The summed E-state index contributed by atoms with van der Waals surface area (Å²) in [5.41, 5.74) is 5.33. The Morgan fingerprint density at radius 2 is 1.46 bits per heavy atom. The lowest BCUT2D eigenvalue weighted by Crippen LogP contribution is -2.03. The number of rotatable bonds is 5. The summed E-state index contributed by atoms with van der Waals surface area (Å²) in [5, 5.41) is 23.9. The van der Waals surface area contributed by atoms with Crippen molar-refractivity contribution in [2.45, 2.75) is 33.1 Å². The van der Waals surface area contributed by atoms with Crippen molar-refractivity contribution in [2.24, 2.45) is 0 Å². The van der Waals surface area contributed by atoms with Crippen molar-refractivity contribution in [1.82, 2.24) is 9.78 Å². The predicted molar refractivity (Wildman–Crippen MR) is 95.7 cm³/mol. The van der Waals surface area contributed by atoms with Crippen LogP contribution in [-0.2, 0) is 12.8 Å². The van der Waals surface area contributed by atoms with Gasteiger partial charge < -0.3 is 10.2 Å². The zero-order valence-corrected chi connectivity index (χ0v) is 14.0. The summed E-state index contributed by atoms with van der Waals surface area (Å²) in [4.78, 5) is 0. The molecule has 0 radical (unpaired) electrons. The van der Waals surface area contributed by atoms with Gasteiger partial charge in [0.1, 0.15) is 11.5 Å². The Bertz CT molecular complexity index is 818. The number of benzene rings is 2. The van der Waals surface area contributed by atoms with E-state index < -0.39 is 0 Å². The molecule has 0 saturated carbocycles. The molecule has 0 saturated heterocycles. The summed E-state index contributed by atoms with van der Waals surface area (Å²) in [7, 11) is 0. The molecule has 0 aliphatic heterocycles. The number of aromatic nitrogens is 2. The van der Waals surface area contributed by atoms with Crippen LogP contribution in [0.4, 0.5) is 0 Å². The van der Waals surface area contributed by atoms with Gasteiger partial charge in [0.25, 0.3) is 0 Å². The van der Waals surface area contributed by atoms with Crippen LogP contribution in [0.15, 0.2) is 48.5 Å². The first-order valence-electron chi connectivity index (χ1n) is 8.33. The van der Waals surface area contributed by atoms with Gasteiger partial charge in [0.15, 0.2) is 0 Å². The summed E-state index contributed by atoms with van der Waals surface area (Å²) >= 11 is 0. The molecular formula is C20H22N2O2. The average molecular weight is 322 g/mol. The smallest absolute Gasteiger partial charge is 0.115 e. The van der Waals surface area contributed by atoms with E-state index in [1.807, 2.05) is 28.9 Å². The molecule has 4 nitrogen and oxygen atoms in total. The molecule has 3 rings (SSSR count). The van der Waals surface area contributed by atoms with Crippen LogP contribution in [0.25, 0.3) is 16.9 Å². The largest absolute Gasteiger partial charge is 0.508 e. The Labute approximate surface area is 142 Å². The van der Waals surface area contributed by atoms with Crippen LogP contribution in [0.5, 0.6) is 11.5 Å². The number of phenols is 2. The van der Waals surface area contributed by atoms with Gasteiger partial charge in [-0.25, -0.2) is 4.68 Å². The monoisotopic (exact) mass is 322 g/mol. The molecule has 0 aliphatic carbocycles. The van der Waals surface area contributed by atoms with E-state index >= 15 is 0 Å². The van der Waals surface area contributed by atoms with E-state index in [-0.39, 0.29) is 11.5 Å². The SMILES string of the molecule is CCCc1c(CC)c(-c2ccc(O)cc2)nn1-c1ccc(O)cc1. The second kappa shape index (κ2) is 6.79. The molecule has 0 aliphatic rings. The molecule has 24 heavy (non-hydrogen) atoms. The molecule has 0 amide bonds. The predicted octanol–water partition coefficient (Wildman–Crippen LogP) is 4.47. The first-order valence-corrected chi connectivity index (χ1v) is 8.33. The van der Waals surface area contributed by atoms with Gasteiger partial charge in [-0.15, -0.1) is 0 Å². The third-order valence-electron chi connectivity index (χ3n) is 4.17. The standard InChI is InChI=1S/C20H22N2O2/c1-3-5-19-18(4-2)20(14-6-10-16(23)11-7-14)21-22(19)15-8-12-17(24)13-9-15/h6-13,23-24H,3-5H2,1-2H3. The van der Waals surface area contributed by atoms with Crippen molar-refractivity contribution in [1.29, 1.82) is 0 Å². The topological polar surface area (TPSA) is 58.3 Å². The number of nitrogens with zero attached hydrogens (tertiary/aromatic N) is 2. The van der Waals surface area contributed by atoms with Gasteiger partial charge in [0.05, 0.1) is 11.4 Å². The second-order valence-corrected chi connectivity index (χ2v) is 5.85. The quantitative estimate of drug-likeness (QED) is 0.729. The highest BCUT2D eigenvalue weighted by Gasteiger charge is 2.18. The maximum atomic E-state index is 9.53. The van der Waals surface area contributed by atoms with Crippen molar-refractivity contribution in [3.63, 3.8) is 0 Å². The fourth-order valence-electron chi connectivity index (χ4n) is 3.01. The third kappa shape index (κ3) is 3.00. The molecule has 3 aromatic rings. The maximum Gasteiger partial charge on any atom is 0.115 e. The number of hydrogen-bond donors (Lipinski definition) is 2. The Morgan fingerprint density at radius 3 is 2.00 bits per heavy atom. The van der Waals surface area contributed by atoms with Crippen LogP contribution in [-0.4, -0.2) is 20.0 Å². The highest BCUT2D eigenvalue weighted by molar-refractivity contribution is 5.66. The van der Waals surface area contributed by atoms with E-state index in [0.717, 1.165) is 36.2 Å². The van der Waals surface area contributed by atoms with Crippen molar-refractivity contribution < 1.29 is 10.2 Å². The molecule has 0 fully saturated rings. The Kier molecular flexibility index (Phi) is 4.56. The zero-order chi connectivity index (χ0) is 17.1. The van der Waals surface area contributed by atoms with Gasteiger partial charge in [0, 0.05) is 16.8 Å². The molecular weight excluding hydrogens is 300 g/mol. The highest BCUT2D eigenvalue weighted by Crippen LogP contribution is 2.30. The molecule has 2 N–H and O–H groups in total. The van der Waals surface area contributed by atoms with Crippen LogP contribution >= 0.6 is 0 Å². The van der Waals surface area contributed by atoms with Gasteiger partial charge >= 0.3 is 0 Å². The van der Waals surface area contributed by atoms with E-state index in [2.05, 4.69) is 13.8 Å². The minimum atomic E-state index is 0.248. The van der Waals surface area contributed by atoms with Gasteiger partial charge in [-0.2, -0.15) is 5.10 Å². The van der Waals surface area contributed by atoms with Gasteiger partial charge in [-0.1, -0.05) is 20.3 Å². The van der Waals surface area contributed by atoms with Crippen molar-refractivity contribution in [3.05, 3.63) is 59.8 Å². The van der Waals surface area contributed by atoms with E-state index in [9.17, 15) is 10.2 Å². The van der Waals surface area contributed by atoms with Gasteiger partial charge in [-0.05, 0) is 61.4 Å². The van der Waals surface area contributed by atoms with Crippen LogP contribution in [0, 0.1) is 0 Å². The molecule has 0 bridgehead atoms. The Balaban J connectivity index is 2.18. The van der Waals surface area contributed by atoms with Gasteiger partial charge in [0.2, 0.25) is 0 Å². The Morgan fingerprint density at radius 1 is 0.875 bits per heavy atom. The molecule has 0 atom stereocenters. The molecule has 4 heteroatoms. The first kappa shape index (κ1) is 16.1. The van der Waals surface area contributed by atoms with Crippen molar-refractivity contribution in [2.75, 3.05) is 0 Å². The Hall–Kier alpha value is -2.75. The van der Waals surface area contributed by atoms with Crippen molar-refractivity contribution in [3.8, 4) is 28.4 Å². The van der Waals surface area contributed by atoms with E-state index in [4.69, 9.17) is 5.10 Å². The normalized spacial score (nSPS) is 10.9. The molecule has 1 aromatic heterocycles. The van der Waals surface area contributed by atoms with Crippen LogP contribution < -0.4 is 0 Å². The first-order chi connectivity index (χ1) is 11.6. The minimum Gasteiger partial charge on any atom is -0.508 e. The highest BCUT2D eigenvalue weighted by atomic mass is 16.3. The summed E-state index contributed by atoms with van der Waals surface area (Å²) in [6.07, 6.45) is 2.87. The van der Waals surface area contributed by atoms with E-state index in [1.54, 1.807) is 24.3 Å². The minimum absolute atomic E-state index is 0.248. The fraction of sp³-hybridized carbons (Fsp3) is 0.250. The lowest BCUT2D eigenvalue weighted by molar-refractivity contribution is 0.474. The zero-order valence-electron chi connectivity index (χ0n) is 14.0. The summed E-state index contributed by atoms with van der Waals surface area (Å²) in [6.45, 7) is 4.30. The second-order valence-electron chi connectivity index (χ2n) is 5.85. The third-order valence-corrected chi connectivity index (χ3v) is 4.17. The van der Waals surface area contributed by atoms with Crippen molar-refractivity contribution >= 4 is 0 Å². The van der Waals surface area contributed by atoms with Crippen LogP contribution in [0.3, 0.4) is 0 Å². The molecule has 0 spiro atoms. The van der Waals surface area contributed by atoms with E-state index in [0.29, 0.717) is 0 Å². The number of hydrogen-bond acceptors (Lipinski definition) is 3. The van der Waals surface area contributed by atoms with E-state index in [1.165, 1.54) is 11.3 Å². The molecule has 124 valence electrons. The van der Waals surface area contributed by atoms with Crippen LogP contribution in [0.1, 0.15) is 31.5 Å². The van der Waals surface area contributed by atoms with Gasteiger partial charge in [-0.3, -0.25) is 0 Å². The lowest BCUT2D eigenvalue weighted by atomic mass is 10.0. The fourth-order valence-corrected chi connectivity index (χ4v) is 3.01. The average Bonchev–Trinajstić information content (AvgIpc) is 2.95. The molecule has 1 heterocycles. The summed E-state index contributed by atoms with van der Waals surface area (Å²) in [5.74, 6) is 0.501. The maximum absolute atomic E-state index is 9.53. The molecule has 2 aromatic carbocycles. The molecule has 0 unspecified atom stereocenters. The summed E-state index contributed by atoms with van der Waals surface area (Å²) in [6, 6.07) is 14.3. The van der Waals surface area contributed by atoms with Crippen LogP contribution in [0.2, 0.25) is 0 Å². The summed E-state index contributed by atoms with van der Waals surface area (Å²) < 4.78 is 1.98.